The molecule has 0 radical (unpaired) electrons. The third-order valence-corrected chi connectivity index (χ3v) is 3.39. The summed E-state index contributed by atoms with van der Waals surface area (Å²) in [6.07, 6.45) is 7.71. The molecule has 0 heterocycles. The molecule has 0 saturated heterocycles. The molecule has 0 aromatic heterocycles. The molecule has 0 aliphatic rings. The fourth-order valence-corrected chi connectivity index (χ4v) is 2.23. The summed E-state index contributed by atoms with van der Waals surface area (Å²) in [5.74, 6) is 0.632. The van der Waals surface area contributed by atoms with Crippen LogP contribution in [-0.2, 0) is 0 Å². The second-order valence-electron chi connectivity index (χ2n) is 4.21. The lowest BCUT2D eigenvalue weighted by atomic mass is 9.95. The summed E-state index contributed by atoms with van der Waals surface area (Å²) in [6, 6.07) is 0.303. The average molecular weight is 309 g/mol. The summed E-state index contributed by atoms with van der Waals surface area (Å²) in [5.41, 5.74) is 5.82. The fraction of sp³-hybridized carbons (Fsp3) is 0.833. The van der Waals surface area contributed by atoms with Gasteiger partial charge in [-0.25, -0.2) is 0 Å². The fourth-order valence-electron chi connectivity index (χ4n) is 1.67. The predicted octanol–water partition coefficient (Wildman–Crippen LogP) is 4.26. The third kappa shape index (κ3) is 7.80. The van der Waals surface area contributed by atoms with Crippen LogP contribution in [0.25, 0.3) is 0 Å². The lowest BCUT2D eigenvalue weighted by Crippen LogP contribution is -2.19. The normalized spacial score (nSPS) is 15.1. The Labute approximate surface area is 103 Å². The number of nitrogens with two attached hydrogens (primary N) is 1. The van der Waals surface area contributed by atoms with Crippen LogP contribution in [0.3, 0.4) is 0 Å². The molecule has 0 bridgehead atoms. The Bertz CT molecular complexity index is 154. The number of halogens is 1. The second-order valence-corrected chi connectivity index (χ2v) is 5.59. The summed E-state index contributed by atoms with van der Waals surface area (Å²) in [6.45, 7) is 8.37. The molecule has 0 saturated carbocycles. The van der Waals surface area contributed by atoms with Crippen molar-refractivity contribution in [3.8, 4) is 0 Å². The molecular formula is C12H24IN. The number of allylic oxidation sites excluding steroid dienone is 1. The van der Waals surface area contributed by atoms with Crippen LogP contribution in [0, 0.1) is 5.92 Å². The Kier molecular flexibility index (Phi) is 8.98. The van der Waals surface area contributed by atoms with E-state index in [4.69, 9.17) is 5.73 Å². The molecule has 0 aliphatic heterocycles. The summed E-state index contributed by atoms with van der Waals surface area (Å²) in [7, 11) is 0. The van der Waals surface area contributed by atoms with Gasteiger partial charge in [-0.3, -0.25) is 0 Å². The van der Waals surface area contributed by atoms with E-state index in [0.29, 0.717) is 12.0 Å². The van der Waals surface area contributed by atoms with Crippen LogP contribution in [0.4, 0.5) is 0 Å². The number of rotatable bonds is 8. The van der Waals surface area contributed by atoms with Crippen molar-refractivity contribution in [2.75, 3.05) is 0 Å². The van der Waals surface area contributed by atoms with Gasteiger partial charge in [0.15, 0.2) is 0 Å². The van der Waals surface area contributed by atoms with Gasteiger partial charge in [-0.15, -0.1) is 0 Å². The van der Waals surface area contributed by atoms with Crippen molar-refractivity contribution in [3.63, 3.8) is 0 Å². The molecule has 0 rings (SSSR count). The van der Waals surface area contributed by atoms with Gasteiger partial charge in [0.25, 0.3) is 0 Å². The van der Waals surface area contributed by atoms with Gasteiger partial charge < -0.3 is 5.73 Å². The van der Waals surface area contributed by atoms with Gasteiger partial charge in [0.1, 0.15) is 0 Å². The van der Waals surface area contributed by atoms with Crippen molar-refractivity contribution in [2.24, 2.45) is 11.7 Å². The van der Waals surface area contributed by atoms with Crippen molar-refractivity contribution in [2.45, 2.75) is 58.4 Å². The second kappa shape index (κ2) is 8.72. The topological polar surface area (TPSA) is 26.0 Å². The van der Waals surface area contributed by atoms with Crippen LogP contribution in [-0.4, -0.2) is 6.04 Å². The summed E-state index contributed by atoms with van der Waals surface area (Å²) in [5, 5.41) is 0. The van der Waals surface area contributed by atoms with Crippen molar-refractivity contribution >= 4 is 22.6 Å². The number of hydrogen-bond donors (Lipinski definition) is 1. The van der Waals surface area contributed by atoms with E-state index in [0.717, 1.165) is 6.42 Å². The van der Waals surface area contributed by atoms with Crippen LogP contribution in [0.15, 0.2) is 10.2 Å². The minimum Gasteiger partial charge on any atom is -0.328 e. The van der Waals surface area contributed by atoms with Crippen LogP contribution in [0.5, 0.6) is 0 Å². The van der Waals surface area contributed by atoms with Gasteiger partial charge in [-0.2, -0.15) is 0 Å². The molecule has 0 aromatic carbocycles. The smallest absolute Gasteiger partial charge is 0.00164 e. The van der Waals surface area contributed by atoms with Crippen molar-refractivity contribution in [1.82, 2.24) is 0 Å². The summed E-state index contributed by atoms with van der Waals surface area (Å²) < 4.78 is 1.27. The highest BCUT2D eigenvalue weighted by atomic mass is 127. The molecule has 1 nitrogen and oxygen atoms in total. The van der Waals surface area contributed by atoms with Crippen LogP contribution < -0.4 is 5.73 Å². The largest absolute Gasteiger partial charge is 0.328 e. The monoisotopic (exact) mass is 309 g/mol. The Balaban J connectivity index is 3.68. The maximum Gasteiger partial charge on any atom is 0.00164 e. The molecule has 2 unspecified atom stereocenters. The van der Waals surface area contributed by atoms with E-state index < -0.39 is 0 Å². The van der Waals surface area contributed by atoms with Crippen LogP contribution in [0.1, 0.15) is 52.4 Å². The Morgan fingerprint density at radius 1 is 1.36 bits per heavy atom. The summed E-state index contributed by atoms with van der Waals surface area (Å²) in [4.78, 5) is 0. The molecule has 2 atom stereocenters. The first-order valence-electron chi connectivity index (χ1n) is 5.67. The van der Waals surface area contributed by atoms with E-state index in [2.05, 4.69) is 43.0 Å². The Morgan fingerprint density at radius 3 is 2.43 bits per heavy atom. The average Bonchev–Trinajstić information content (AvgIpc) is 2.09. The maximum atomic E-state index is 5.82. The molecule has 0 fully saturated rings. The van der Waals surface area contributed by atoms with E-state index in [9.17, 15) is 0 Å². The van der Waals surface area contributed by atoms with Crippen molar-refractivity contribution in [1.29, 1.82) is 0 Å². The quantitative estimate of drug-likeness (QED) is 0.526. The Morgan fingerprint density at radius 2 is 2.00 bits per heavy atom. The zero-order valence-corrected chi connectivity index (χ0v) is 11.7. The first kappa shape index (κ1) is 14.4. The van der Waals surface area contributed by atoms with Crippen LogP contribution >= 0.6 is 22.6 Å². The van der Waals surface area contributed by atoms with Crippen molar-refractivity contribution in [3.05, 3.63) is 10.2 Å². The molecule has 0 aromatic rings. The van der Waals surface area contributed by atoms with Gasteiger partial charge in [0, 0.05) is 6.04 Å². The predicted molar refractivity (Wildman–Crippen MR) is 73.7 cm³/mol. The number of unbranched alkanes of at least 4 members (excludes halogenated alkanes) is 3. The summed E-state index contributed by atoms with van der Waals surface area (Å²) >= 11 is 2.35. The molecule has 2 heteroatoms. The Hall–Kier alpha value is 0.430. The lowest BCUT2D eigenvalue weighted by Gasteiger charge is -2.17. The van der Waals surface area contributed by atoms with Gasteiger partial charge in [0.2, 0.25) is 0 Å². The highest BCUT2D eigenvalue weighted by Gasteiger charge is 2.12. The minimum atomic E-state index is 0.303. The van der Waals surface area contributed by atoms with Crippen molar-refractivity contribution < 1.29 is 0 Å². The molecule has 2 N–H and O–H groups in total. The molecule has 0 amide bonds. The standard InChI is InChI=1S/C12H24IN/c1-4-5-6-7-8-12(11(3)13)9-10(2)14/h10,12H,3-9,14H2,1-2H3. The van der Waals surface area contributed by atoms with E-state index in [1.165, 1.54) is 35.7 Å². The first-order valence-corrected chi connectivity index (χ1v) is 6.75. The van der Waals surface area contributed by atoms with E-state index in [1.807, 2.05) is 0 Å². The minimum absolute atomic E-state index is 0.303. The zero-order chi connectivity index (χ0) is 11.0. The zero-order valence-electron chi connectivity index (χ0n) is 9.56. The molecular weight excluding hydrogens is 285 g/mol. The molecule has 0 aliphatic carbocycles. The SMILES string of the molecule is C=C(I)C(CCCCCC)CC(C)N. The molecule has 0 spiro atoms. The van der Waals surface area contributed by atoms with E-state index >= 15 is 0 Å². The highest BCUT2D eigenvalue weighted by molar-refractivity contribution is 14.1. The highest BCUT2D eigenvalue weighted by Crippen LogP contribution is 2.26. The van der Waals surface area contributed by atoms with Gasteiger partial charge in [-0.05, 0) is 51.9 Å². The van der Waals surface area contributed by atoms with Crippen LogP contribution in [0.2, 0.25) is 0 Å². The first-order chi connectivity index (χ1) is 6.57. The van der Waals surface area contributed by atoms with E-state index in [1.54, 1.807) is 0 Å². The van der Waals surface area contributed by atoms with Gasteiger partial charge in [-0.1, -0.05) is 39.2 Å². The molecule has 84 valence electrons. The number of hydrogen-bond acceptors (Lipinski definition) is 1. The maximum absolute atomic E-state index is 5.82. The van der Waals surface area contributed by atoms with Gasteiger partial charge in [0.05, 0.1) is 0 Å². The van der Waals surface area contributed by atoms with Gasteiger partial charge >= 0.3 is 0 Å². The lowest BCUT2D eigenvalue weighted by molar-refractivity contribution is 0.465. The third-order valence-electron chi connectivity index (χ3n) is 2.51. The van der Waals surface area contributed by atoms with E-state index in [-0.39, 0.29) is 0 Å². The molecule has 14 heavy (non-hydrogen) atoms.